The molecule has 2 rings (SSSR count). The van der Waals surface area contributed by atoms with Crippen molar-refractivity contribution in [3.05, 3.63) is 41.5 Å². The first-order valence-electron chi connectivity index (χ1n) is 7.48. The predicted octanol–water partition coefficient (Wildman–Crippen LogP) is 2.10. The summed E-state index contributed by atoms with van der Waals surface area (Å²) in [5, 5.41) is 2.81. The summed E-state index contributed by atoms with van der Waals surface area (Å²) in [6.07, 6.45) is 4.51. The van der Waals surface area contributed by atoms with Crippen LogP contribution in [0.2, 0.25) is 0 Å². The second-order valence-electron chi connectivity index (χ2n) is 5.52. The third kappa shape index (κ3) is 4.68. The molecule has 1 aliphatic rings. The average molecular weight is 322 g/mol. The molecular weight excluding hydrogens is 300 g/mol. The molecule has 1 amide bonds. The number of amides is 1. The number of carbonyl (C=O) groups excluding carboxylic acids is 1. The van der Waals surface area contributed by atoms with Crippen LogP contribution in [-0.2, 0) is 21.4 Å². The molecule has 1 aliphatic carbocycles. The molecule has 5 nitrogen and oxygen atoms in total. The third-order valence-electron chi connectivity index (χ3n) is 3.45. The van der Waals surface area contributed by atoms with E-state index in [9.17, 15) is 13.2 Å². The topological polar surface area (TPSA) is 75.3 Å². The molecule has 0 saturated heterocycles. The van der Waals surface area contributed by atoms with E-state index in [0.29, 0.717) is 12.1 Å². The molecule has 6 heteroatoms. The third-order valence-corrected chi connectivity index (χ3v) is 4.99. The van der Waals surface area contributed by atoms with Crippen LogP contribution in [0.3, 0.4) is 0 Å². The van der Waals surface area contributed by atoms with Crippen LogP contribution in [0.15, 0.2) is 40.8 Å². The molecule has 1 saturated carbocycles. The minimum atomic E-state index is -3.41. The summed E-state index contributed by atoms with van der Waals surface area (Å²) in [5.74, 6) is -0.103. The van der Waals surface area contributed by atoms with Crippen LogP contribution in [0.25, 0.3) is 0 Å². The van der Waals surface area contributed by atoms with E-state index in [1.54, 1.807) is 31.2 Å². The molecule has 120 valence electrons. The van der Waals surface area contributed by atoms with E-state index in [0.717, 1.165) is 24.8 Å². The van der Waals surface area contributed by atoms with Gasteiger partial charge in [0.15, 0.2) is 0 Å². The number of nitrogens with one attached hydrogen (secondary N) is 2. The molecule has 0 aromatic heterocycles. The minimum absolute atomic E-state index is 0.0947. The zero-order chi connectivity index (χ0) is 16.2. The largest absolute Gasteiger partial charge is 0.348 e. The van der Waals surface area contributed by atoms with E-state index < -0.39 is 10.0 Å². The highest BCUT2D eigenvalue weighted by Gasteiger charge is 2.27. The Morgan fingerprint density at radius 3 is 2.45 bits per heavy atom. The van der Waals surface area contributed by atoms with Crippen molar-refractivity contribution < 1.29 is 13.2 Å². The summed E-state index contributed by atoms with van der Waals surface area (Å²) < 4.78 is 26.7. The molecule has 0 bridgehead atoms. The number of carbonyl (C=O) groups is 1. The van der Waals surface area contributed by atoms with Crippen molar-refractivity contribution >= 4 is 15.9 Å². The fourth-order valence-electron chi connectivity index (χ4n) is 2.00. The lowest BCUT2D eigenvalue weighted by atomic mass is 10.2. The maximum absolute atomic E-state index is 12.0. The average Bonchev–Trinajstić information content (AvgIpc) is 3.28. The first-order chi connectivity index (χ1) is 10.4. The van der Waals surface area contributed by atoms with Gasteiger partial charge in [-0.15, -0.1) is 0 Å². The van der Waals surface area contributed by atoms with Gasteiger partial charge >= 0.3 is 0 Å². The van der Waals surface area contributed by atoms with Crippen LogP contribution < -0.4 is 10.0 Å². The number of hydrogen-bond acceptors (Lipinski definition) is 3. The molecule has 1 fully saturated rings. The van der Waals surface area contributed by atoms with Crippen LogP contribution in [-0.4, -0.2) is 20.4 Å². The van der Waals surface area contributed by atoms with Gasteiger partial charge in [0.05, 0.1) is 4.90 Å². The van der Waals surface area contributed by atoms with Gasteiger partial charge in [-0.25, -0.2) is 13.1 Å². The minimum Gasteiger partial charge on any atom is -0.348 e. The van der Waals surface area contributed by atoms with Gasteiger partial charge in [0.2, 0.25) is 15.9 Å². The fraction of sp³-hybridized carbons (Fsp3) is 0.438. The van der Waals surface area contributed by atoms with E-state index in [2.05, 4.69) is 10.0 Å². The van der Waals surface area contributed by atoms with E-state index >= 15 is 0 Å². The molecule has 1 aromatic rings. The van der Waals surface area contributed by atoms with E-state index in [-0.39, 0.29) is 16.8 Å². The highest BCUT2D eigenvalue weighted by Crippen LogP contribution is 2.22. The van der Waals surface area contributed by atoms with E-state index in [4.69, 9.17) is 0 Å². The highest BCUT2D eigenvalue weighted by atomic mass is 32.2. The predicted molar refractivity (Wildman–Crippen MR) is 85.7 cm³/mol. The van der Waals surface area contributed by atoms with Gasteiger partial charge in [-0.3, -0.25) is 4.79 Å². The summed E-state index contributed by atoms with van der Waals surface area (Å²) in [6, 6.07) is 6.68. The van der Waals surface area contributed by atoms with Crippen molar-refractivity contribution in [2.45, 2.75) is 50.6 Å². The Balaban J connectivity index is 1.94. The maximum atomic E-state index is 12.0. The zero-order valence-electron chi connectivity index (χ0n) is 12.9. The van der Waals surface area contributed by atoms with Gasteiger partial charge in [0, 0.05) is 18.2 Å². The normalized spacial score (nSPS) is 15.6. The first kappa shape index (κ1) is 16.7. The molecule has 0 atom stereocenters. The summed E-state index contributed by atoms with van der Waals surface area (Å²) in [6.45, 7) is 4.13. The van der Waals surface area contributed by atoms with Crippen LogP contribution in [0.1, 0.15) is 38.7 Å². The van der Waals surface area contributed by atoms with Crippen molar-refractivity contribution in [1.29, 1.82) is 0 Å². The zero-order valence-corrected chi connectivity index (χ0v) is 13.7. The lowest BCUT2D eigenvalue weighted by Gasteiger charge is -2.08. The first-order valence-corrected chi connectivity index (χ1v) is 8.97. The standard InChI is InChI=1S/C16H22N2O3S/c1-3-4-12(2)16(19)17-11-13-5-9-15(10-6-13)22(20,21)18-14-7-8-14/h4-6,9-10,14,18H,3,7-8,11H2,1-2H3,(H,17,19). The van der Waals surface area contributed by atoms with Crippen LogP contribution in [0.4, 0.5) is 0 Å². The summed E-state index contributed by atoms with van der Waals surface area (Å²) in [5.41, 5.74) is 1.55. The molecule has 0 radical (unpaired) electrons. The molecule has 2 N–H and O–H groups in total. The van der Waals surface area contributed by atoms with E-state index in [1.807, 2.05) is 13.0 Å². The Morgan fingerprint density at radius 1 is 1.27 bits per heavy atom. The molecule has 0 heterocycles. The smallest absolute Gasteiger partial charge is 0.246 e. The number of allylic oxidation sites excluding steroid dienone is 1. The number of sulfonamides is 1. The Morgan fingerprint density at radius 2 is 1.91 bits per heavy atom. The second-order valence-corrected chi connectivity index (χ2v) is 7.23. The number of benzene rings is 1. The van der Waals surface area contributed by atoms with Gasteiger partial charge in [0.1, 0.15) is 0 Å². The van der Waals surface area contributed by atoms with Gasteiger partial charge in [0.25, 0.3) is 0 Å². The Hall–Kier alpha value is -1.66. The molecule has 1 aromatic carbocycles. The monoisotopic (exact) mass is 322 g/mol. The van der Waals surface area contributed by atoms with Gasteiger partial charge in [-0.2, -0.15) is 0 Å². The highest BCUT2D eigenvalue weighted by molar-refractivity contribution is 7.89. The maximum Gasteiger partial charge on any atom is 0.246 e. The number of hydrogen-bond donors (Lipinski definition) is 2. The van der Waals surface area contributed by atoms with Gasteiger partial charge < -0.3 is 5.32 Å². The summed E-state index contributed by atoms with van der Waals surface area (Å²) in [4.78, 5) is 12.0. The Labute approximate surface area is 131 Å². The van der Waals surface area contributed by atoms with Crippen LogP contribution in [0.5, 0.6) is 0 Å². The molecule has 0 unspecified atom stereocenters. The molecule has 0 aliphatic heterocycles. The quantitative estimate of drug-likeness (QED) is 0.755. The van der Waals surface area contributed by atoms with Crippen LogP contribution >= 0.6 is 0 Å². The Kier molecular flexibility index (Phi) is 5.37. The van der Waals surface area contributed by atoms with Crippen molar-refractivity contribution in [2.24, 2.45) is 0 Å². The van der Waals surface area contributed by atoms with Gasteiger partial charge in [-0.05, 0) is 43.9 Å². The Bertz CT molecular complexity index is 659. The lowest BCUT2D eigenvalue weighted by Crippen LogP contribution is -2.26. The molecular formula is C16H22N2O3S. The summed E-state index contributed by atoms with van der Waals surface area (Å²) in [7, 11) is -3.41. The second kappa shape index (κ2) is 7.07. The SMILES string of the molecule is CCC=C(C)C(=O)NCc1ccc(S(=O)(=O)NC2CC2)cc1. The number of rotatable bonds is 7. The van der Waals surface area contributed by atoms with E-state index in [1.165, 1.54) is 0 Å². The van der Waals surface area contributed by atoms with Crippen molar-refractivity contribution in [2.75, 3.05) is 0 Å². The van der Waals surface area contributed by atoms with Crippen molar-refractivity contribution in [3.63, 3.8) is 0 Å². The van der Waals surface area contributed by atoms with Crippen LogP contribution in [0, 0.1) is 0 Å². The van der Waals surface area contributed by atoms with Crippen molar-refractivity contribution in [3.8, 4) is 0 Å². The molecule has 22 heavy (non-hydrogen) atoms. The fourth-order valence-corrected chi connectivity index (χ4v) is 3.30. The molecule has 0 spiro atoms. The lowest BCUT2D eigenvalue weighted by molar-refractivity contribution is -0.117. The summed E-state index contributed by atoms with van der Waals surface area (Å²) >= 11 is 0. The van der Waals surface area contributed by atoms with Gasteiger partial charge in [-0.1, -0.05) is 25.1 Å². The van der Waals surface area contributed by atoms with Crippen molar-refractivity contribution in [1.82, 2.24) is 10.0 Å².